The van der Waals surface area contributed by atoms with Gasteiger partial charge in [-0.1, -0.05) is 28.1 Å². The van der Waals surface area contributed by atoms with Crippen LogP contribution in [-0.2, 0) is 4.79 Å². The number of benzene rings is 2. The standard InChI is InChI=1S/C17H16BrNO3S/c1-21-14-5-3-4-13(16(14)22-2)17-19(15(20)10-23-17)12-8-6-11(18)7-9-12/h3-9,17H,10H2,1-2H3/t17-/m0/s1. The van der Waals surface area contributed by atoms with Crippen LogP contribution in [0, 0.1) is 0 Å². The van der Waals surface area contributed by atoms with Gasteiger partial charge in [0.05, 0.1) is 20.0 Å². The maximum absolute atomic E-state index is 12.4. The molecule has 1 aliphatic heterocycles. The Labute approximate surface area is 147 Å². The number of carbonyl (C=O) groups excluding carboxylic acids is 1. The first kappa shape index (κ1) is 16.2. The number of halogens is 1. The second-order valence-corrected chi connectivity index (χ2v) is 6.97. The first-order chi connectivity index (χ1) is 11.2. The van der Waals surface area contributed by atoms with Crippen LogP contribution in [0.2, 0.25) is 0 Å². The van der Waals surface area contributed by atoms with Crippen LogP contribution in [0.3, 0.4) is 0 Å². The molecule has 0 spiro atoms. The lowest BCUT2D eigenvalue weighted by Crippen LogP contribution is -2.28. The van der Waals surface area contributed by atoms with Gasteiger partial charge in [0.1, 0.15) is 5.37 Å². The minimum atomic E-state index is -0.131. The summed E-state index contributed by atoms with van der Waals surface area (Å²) in [6.07, 6.45) is 0. The van der Waals surface area contributed by atoms with Crippen LogP contribution >= 0.6 is 27.7 Å². The Bertz CT molecular complexity index is 720. The molecule has 120 valence electrons. The maximum Gasteiger partial charge on any atom is 0.238 e. The Balaban J connectivity index is 2.05. The fourth-order valence-electron chi connectivity index (χ4n) is 2.64. The fourth-order valence-corrected chi connectivity index (χ4v) is 4.10. The molecular weight excluding hydrogens is 378 g/mol. The minimum absolute atomic E-state index is 0.0900. The SMILES string of the molecule is COc1cccc([C@@H]2SCC(=O)N2c2ccc(Br)cc2)c1OC. The van der Waals surface area contributed by atoms with Crippen molar-refractivity contribution in [3.63, 3.8) is 0 Å². The zero-order valence-electron chi connectivity index (χ0n) is 12.8. The molecular formula is C17H16BrNO3S. The van der Waals surface area contributed by atoms with E-state index in [-0.39, 0.29) is 11.3 Å². The van der Waals surface area contributed by atoms with Gasteiger partial charge in [0.25, 0.3) is 0 Å². The van der Waals surface area contributed by atoms with Gasteiger partial charge in [0.15, 0.2) is 11.5 Å². The molecule has 2 aromatic rings. The largest absolute Gasteiger partial charge is 0.493 e. The predicted octanol–water partition coefficient (Wildman–Crippen LogP) is 4.24. The highest BCUT2D eigenvalue weighted by Crippen LogP contribution is 2.47. The van der Waals surface area contributed by atoms with Crippen LogP contribution in [-0.4, -0.2) is 25.9 Å². The maximum atomic E-state index is 12.4. The molecule has 1 amide bonds. The number of anilines is 1. The van der Waals surface area contributed by atoms with Gasteiger partial charge in [0, 0.05) is 15.7 Å². The third-order valence-electron chi connectivity index (χ3n) is 3.67. The Hall–Kier alpha value is -1.66. The predicted molar refractivity (Wildman–Crippen MR) is 96.4 cm³/mol. The van der Waals surface area contributed by atoms with E-state index in [1.165, 1.54) is 0 Å². The minimum Gasteiger partial charge on any atom is -0.493 e. The average Bonchev–Trinajstić information content (AvgIpc) is 2.96. The van der Waals surface area contributed by atoms with Gasteiger partial charge in [-0.25, -0.2) is 0 Å². The summed E-state index contributed by atoms with van der Waals surface area (Å²) < 4.78 is 11.9. The second kappa shape index (κ2) is 6.84. The highest BCUT2D eigenvalue weighted by Gasteiger charge is 2.36. The molecule has 0 radical (unpaired) electrons. The summed E-state index contributed by atoms with van der Waals surface area (Å²) in [6.45, 7) is 0. The van der Waals surface area contributed by atoms with Gasteiger partial charge >= 0.3 is 0 Å². The van der Waals surface area contributed by atoms with Gasteiger partial charge in [0.2, 0.25) is 5.91 Å². The highest BCUT2D eigenvalue weighted by molar-refractivity contribution is 9.10. The van der Waals surface area contributed by atoms with Crippen molar-refractivity contribution in [3.05, 3.63) is 52.5 Å². The van der Waals surface area contributed by atoms with Crippen LogP contribution in [0.15, 0.2) is 46.9 Å². The molecule has 0 aliphatic carbocycles. The zero-order valence-corrected chi connectivity index (χ0v) is 15.2. The van der Waals surface area contributed by atoms with E-state index in [4.69, 9.17) is 9.47 Å². The number of ether oxygens (including phenoxy) is 2. The van der Waals surface area contributed by atoms with Gasteiger partial charge in [-0.3, -0.25) is 9.69 Å². The molecule has 0 unspecified atom stereocenters. The lowest BCUT2D eigenvalue weighted by Gasteiger charge is -2.26. The number of para-hydroxylation sites is 1. The number of thioether (sulfide) groups is 1. The van der Waals surface area contributed by atoms with E-state index in [0.29, 0.717) is 17.3 Å². The van der Waals surface area contributed by atoms with Crippen LogP contribution in [0.1, 0.15) is 10.9 Å². The molecule has 4 nitrogen and oxygen atoms in total. The zero-order chi connectivity index (χ0) is 16.4. The van der Waals surface area contributed by atoms with E-state index in [0.717, 1.165) is 15.7 Å². The molecule has 23 heavy (non-hydrogen) atoms. The lowest BCUT2D eigenvalue weighted by atomic mass is 10.1. The summed E-state index contributed by atoms with van der Waals surface area (Å²) in [6, 6.07) is 13.5. The van der Waals surface area contributed by atoms with Crippen molar-refractivity contribution >= 4 is 39.3 Å². The molecule has 0 saturated carbocycles. The summed E-state index contributed by atoms with van der Waals surface area (Å²) in [5, 5.41) is -0.131. The first-order valence-electron chi connectivity index (χ1n) is 7.06. The third kappa shape index (κ3) is 3.05. The van der Waals surface area contributed by atoms with Crippen LogP contribution in [0.25, 0.3) is 0 Å². The van der Waals surface area contributed by atoms with E-state index in [1.54, 1.807) is 26.0 Å². The van der Waals surface area contributed by atoms with Gasteiger partial charge in [-0.15, -0.1) is 11.8 Å². The molecule has 0 bridgehead atoms. The average molecular weight is 394 g/mol. The second-order valence-electron chi connectivity index (χ2n) is 4.99. The van der Waals surface area contributed by atoms with Crippen LogP contribution in [0.5, 0.6) is 11.5 Å². The van der Waals surface area contributed by atoms with E-state index < -0.39 is 0 Å². The topological polar surface area (TPSA) is 38.8 Å². The van der Waals surface area contributed by atoms with Crippen molar-refractivity contribution in [3.8, 4) is 11.5 Å². The summed E-state index contributed by atoms with van der Waals surface area (Å²) in [7, 11) is 3.23. The Morgan fingerprint density at radius 1 is 1.13 bits per heavy atom. The van der Waals surface area contributed by atoms with Gasteiger partial charge in [-0.2, -0.15) is 0 Å². The van der Waals surface area contributed by atoms with E-state index in [1.807, 2.05) is 47.4 Å². The molecule has 3 rings (SSSR count). The number of rotatable bonds is 4. The number of hydrogen-bond acceptors (Lipinski definition) is 4. The molecule has 2 aromatic carbocycles. The molecule has 1 aliphatic rings. The number of amides is 1. The normalized spacial score (nSPS) is 17.4. The van der Waals surface area contributed by atoms with Crippen molar-refractivity contribution in [2.45, 2.75) is 5.37 Å². The molecule has 1 fully saturated rings. The Morgan fingerprint density at radius 3 is 2.52 bits per heavy atom. The van der Waals surface area contributed by atoms with Gasteiger partial charge < -0.3 is 9.47 Å². The van der Waals surface area contributed by atoms with Crippen molar-refractivity contribution in [1.29, 1.82) is 0 Å². The molecule has 1 saturated heterocycles. The molecule has 6 heteroatoms. The van der Waals surface area contributed by atoms with Crippen molar-refractivity contribution in [2.24, 2.45) is 0 Å². The molecule has 1 heterocycles. The Morgan fingerprint density at radius 2 is 1.87 bits per heavy atom. The fraction of sp³-hybridized carbons (Fsp3) is 0.235. The number of nitrogens with zero attached hydrogens (tertiary/aromatic N) is 1. The van der Waals surface area contributed by atoms with E-state index in [2.05, 4.69) is 15.9 Å². The first-order valence-corrected chi connectivity index (χ1v) is 8.90. The highest BCUT2D eigenvalue weighted by atomic mass is 79.9. The number of methoxy groups -OCH3 is 2. The van der Waals surface area contributed by atoms with Crippen molar-refractivity contribution in [2.75, 3.05) is 24.9 Å². The smallest absolute Gasteiger partial charge is 0.238 e. The third-order valence-corrected chi connectivity index (χ3v) is 5.39. The van der Waals surface area contributed by atoms with E-state index >= 15 is 0 Å². The summed E-state index contributed by atoms with van der Waals surface area (Å²) in [4.78, 5) is 14.2. The lowest BCUT2D eigenvalue weighted by molar-refractivity contribution is -0.115. The number of carbonyl (C=O) groups is 1. The van der Waals surface area contributed by atoms with Crippen molar-refractivity contribution < 1.29 is 14.3 Å². The molecule has 1 atom stereocenters. The summed E-state index contributed by atoms with van der Waals surface area (Å²) in [5.41, 5.74) is 1.81. The van der Waals surface area contributed by atoms with Crippen LogP contribution < -0.4 is 14.4 Å². The van der Waals surface area contributed by atoms with E-state index in [9.17, 15) is 4.79 Å². The van der Waals surface area contributed by atoms with Crippen LogP contribution in [0.4, 0.5) is 5.69 Å². The molecule has 0 N–H and O–H groups in total. The monoisotopic (exact) mass is 393 g/mol. The Kier molecular flexibility index (Phi) is 4.82. The van der Waals surface area contributed by atoms with Gasteiger partial charge in [-0.05, 0) is 30.3 Å². The quantitative estimate of drug-likeness (QED) is 0.778. The van der Waals surface area contributed by atoms with Crippen molar-refractivity contribution in [1.82, 2.24) is 0 Å². The number of hydrogen-bond donors (Lipinski definition) is 0. The summed E-state index contributed by atoms with van der Waals surface area (Å²) >= 11 is 5.01. The molecule has 0 aromatic heterocycles. The summed E-state index contributed by atoms with van der Waals surface area (Å²) in [5.74, 6) is 1.87.